The first-order valence-corrected chi connectivity index (χ1v) is 12.0. The molecule has 3 heteroatoms. The van der Waals surface area contributed by atoms with E-state index >= 15 is 0 Å². The zero-order valence-corrected chi connectivity index (χ0v) is 18.7. The summed E-state index contributed by atoms with van der Waals surface area (Å²) in [6.07, 6.45) is 5.45. The first kappa shape index (κ1) is 21.2. The number of fused-ring (bicyclic) bond motifs is 1. The van der Waals surface area contributed by atoms with Gasteiger partial charge in [0.1, 0.15) is 12.4 Å². The molecule has 3 aromatic rings. The van der Waals surface area contributed by atoms with Gasteiger partial charge in [-0.15, -0.1) is 0 Å². The molecule has 1 atom stereocenters. The van der Waals surface area contributed by atoms with Crippen LogP contribution in [0.1, 0.15) is 60.0 Å². The van der Waals surface area contributed by atoms with Crippen LogP contribution in [0, 0.1) is 0 Å². The van der Waals surface area contributed by atoms with Crippen molar-refractivity contribution in [2.45, 2.75) is 56.8 Å². The molecule has 32 heavy (non-hydrogen) atoms. The van der Waals surface area contributed by atoms with Crippen LogP contribution in [0.3, 0.4) is 0 Å². The summed E-state index contributed by atoms with van der Waals surface area (Å²) in [4.78, 5) is 2.54. The lowest BCUT2D eigenvalue weighted by molar-refractivity contribution is 0.0774. The molecule has 0 radical (unpaired) electrons. The van der Waals surface area contributed by atoms with Crippen molar-refractivity contribution in [3.8, 4) is 5.75 Å². The molecule has 1 saturated carbocycles. The quantitative estimate of drug-likeness (QED) is 0.552. The number of hydrogen-bond donors (Lipinski definition) is 1. The summed E-state index contributed by atoms with van der Waals surface area (Å²) < 4.78 is 6.04. The summed E-state index contributed by atoms with van der Waals surface area (Å²) in [5.41, 5.74) is 4.94. The fourth-order valence-corrected chi connectivity index (χ4v) is 5.46. The van der Waals surface area contributed by atoms with Crippen molar-refractivity contribution in [3.63, 3.8) is 0 Å². The van der Waals surface area contributed by atoms with Gasteiger partial charge in [0.15, 0.2) is 0 Å². The normalized spacial score (nSPS) is 23.8. The number of aliphatic hydroxyl groups is 1. The van der Waals surface area contributed by atoms with Gasteiger partial charge in [-0.3, -0.25) is 4.90 Å². The van der Waals surface area contributed by atoms with E-state index in [1.54, 1.807) is 0 Å². The van der Waals surface area contributed by atoms with Gasteiger partial charge < -0.3 is 9.84 Å². The standard InChI is InChI=1S/C29H33NO2/c31-29-20-30(26-13-11-24(12-14-26)23-9-5-2-6-10-23)18-17-25-19-27(15-16-28(25)29)32-21-22-7-3-1-4-8-22/h1-10,15-16,19,24,26,29,31H,11-14,17-18,20-21H2/t24?,26?,29-/m1/s1. The molecule has 3 nitrogen and oxygen atoms in total. The van der Waals surface area contributed by atoms with Crippen LogP contribution in [0.15, 0.2) is 78.9 Å². The molecule has 1 heterocycles. The van der Waals surface area contributed by atoms with Gasteiger partial charge in [-0.25, -0.2) is 0 Å². The SMILES string of the molecule is O[C@@H]1CN(C2CCC(c3ccccc3)CC2)CCc2cc(OCc3ccccc3)ccc21. The van der Waals surface area contributed by atoms with Crippen molar-refractivity contribution in [3.05, 3.63) is 101 Å². The highest BCUT2D eigenvalue weighted by atomic mass is 16.5. The van der Waals surface area contributed by atoms with Crippen LogP contribution in [-0.4, -0.2) is 29.1 Å². The Morgan fingerprint density at radius 2 is 1.56 bits per heavy atom. The van der Waals surface area contributed by atoms with E-state index in [9.17, 15) is 5.11 Å². The molecule has 1 N–H and O–H groups in total. The first-order chi connectivity index (χ1) is 15.8. The fourth-order valence-electron chi connectivity index (χ4n) is 5.46. The number of benzene rings is 3. The van der Waals surface area contributed by atoms with Crippen LogP contribution in [0.2, 0.25) is 0 Å². The zero-order valence-electron chi connectivity index (χ0n) is 18.7. The predicted octanol–water partition coefficient (Wildman–Crippen LogP) is 5.88. The third kappa shape index (κ3) is 4.90. The van der Waals surface area contributed by atoms with E-state index in [1.807, 2.05) is 24.3 Å². The van der Waals surface area contributed by atoms with Gasteiger partial charge in [0, 0.05) is 19.1 Å². The Balaban J connectivity index is 1.20. The Bertz CT molecular complexity index is 996. The summed E-state index contributed by atoms with van der Waals surface area (Å²) in [7, 11) is 0. The average Bonchev–Trinajstić information content (AvgIpc) is 3.02. The summed E-state index contributed by atoms with van der Waals surface area (Å²) in [5, 5.41) is 11.0. The number of β-amino-alcohol motifs (C(OH)–C–C–N with tert-alkyl or cyclic N) is 1. The highest BCUT2D eigenvalue weighted by molar-refractivity contribution is 5.38. The van der Waals surface area contributed by atoms with E-state index in [4.69, 9.17) is 4.74 Å². The Kier molecular flexibility index (Phi) is 6.56. The molecule has 0 aromatic heterocycles. The molecule has 1 aliphatic carbocycles. The third-order valence-corrected chi connectivity index (χ3v) is 7.28. The molecule has 3 aromatic carbocycles. The first-order valence-electron chi connectivity index (χ1n) is 12.0. The van der Waals surface area contributed by atoms with Crippen molar-refractivity contribution in [2.24, 2.45) is 0 Å². The minimum absolute atomic E-state index is 0.428. The van der Waals surface area contributed by atoms with Crippen molar-refractivity contribution in [1.82, 2.24) is 4.90 Å². The molecule has 2 aliphatic rings. The Morgan fingerprint density at radius 3 is 2.31 bits per heavy atom. The van der Waals surface area contributed by atoms with Crippen LogP contribution in [0.5, 0.6) is 5.75 Å². The molecule has 0 spiro atoms. The maximum absolute atomic E-state index is 11.0. The van der Waals surface area contributed by atoms with Crippen LogP contribution < -0.4 is 4.74 Å². The van der Waals surface area contributed by atoms with Gasteiger partial charge in [0.2, 0.25) is 0 Å². The van der Waals surface area contributed by atoms with E-state index in [2.05, 4.69) is 59.5 Å². The summed E-state index contributed by atoms with van der Waals surface area (Å²) in [6, 6.07) is 28.0. The highest BCUT2D eigenvalue weighted by Crippen LogP contribution is 2.36. The minimum Gasteiger partial charge on any atom is -0.489 e. The van der Waals surface area contributed by atoms with Crippen LogP contribution in [-0.2, 0) is 13.0 Å². The monoisotopic (exact) mass is 427 g/mol. The van der Waals surface area contributed by atoms with Gasteiger partial charge >= 0.3 is 0 Å². The molecule has 1 aliphatic heterocycles. The van der Waals surface area contributed by atoms with Crippen LogP contribution >= 0.6 is 0 Å². The van der Waals surface area contributed by atoms with Crippen molar-refractivity contribution < 1.29 is 9.84 Å². The Hall–Kier alpha value is -2.62. The number of hydrogen-bond acceptors (Lipinski definition) is 3. The van der Waals surface area contributed by atoms with Crippen molar-refractivity contribution >= 4 is 0 Å². The minimum atomic E-state index is -0.428. The molecule has 0 saturated heterocycles. The summed E-state index contributed by atoms with van der Waals surface area (Å²) in [5.74, 6) is 1.57. The van der Waals surface area contributed by atoms with E-state index < -0.39 is 6.10 Å². The molecule has 0 amide bonds. The molecular formula is C29H33NO2. The van der Waals surface area contributed by atoms with E-state index in [0.29, 0.717) is 18.6 Å². The van der Waals surface area contributed by atoms with Gasteiger partial charge in [-0.1, -0.05) is 66.7 Å². The second kappa shape index (κ2) is 9.89. The smallest absolute Gasteiger partial charge is 0.120 e. The van der Waals surface area contributed by atoms with E-state index in [0.717, 1.165) is 30.8 Å². The van der Waals surface area contributed by atoms with Crippen LogP contribution in [0.25, 0.3) is 0 Å². The van der Waals surface area contributed by atoms with E-state index in [-0.39, 0.29) is 0 Å². The van der Waals surface area contributed by atoms with Crippen molar-refractivity contribution in [2.75, 3.05) is 13.1 Å². The topological polar surface area (TPSA) is 32.7 Å². The maximum Gasteiger partial charge on any atom is 0.120 e. The molecule has 0 bridgehead atoms. The van der Waals surface area contributed by atoms with Crippen LogP contribution in [0.4, 0.5) is 0 Å². The van der Waals surface area contributed by atoms with Crippen molar-refractivity contribution in [1.29, 1.82) is 0 Å². The average molecular weight is 428 g/mol. The molecule has 0 unspecified atom stereocenters. The zero-order chi connectivity index (χ0) is 21.8. The van der Waals surface area contributed by atoms with Gasteiger partial charge in [0.05, 0.1) is 6.10 Å². The summed E-state index contributed by atoms with van der Waals surface area (Å²) >= 11 is 0. The molecule has 1 fully saturated rings. The highest BCUT2D eigenvalue weighted by Gasteiger charge is 2.30. The third-order valence-electron chi connectivity index (χ3n) is 7.28. The second-order valence-corrected chi connectivity index (χ2v) is 9.31. The van der Waals surface area contributed by atoms with Gasteiger partial charge in [-0.2, -0.15) is 0 Å². The lowest BCUT2D eigenvalue weighted by atomic mass is 9.81. The second-order valence-electron chi connectivity index (χ2n) is 9.31. The molecular weight excluding hydrogens is 394 g/mol. The number of rotatable bonds is 5. The summed E-state index contributed by atoms with van der Waals surface area (Å²) in [6.45, 7) is 2.31. The molecule has 166 valence electrons. The number of nitrogens with zero attached hydrogens (tertiary/aromatic N) is 1. The lowest BCUT2D eigenvalue weighted by Crippen LogP contribution is -2.40. The number of ether oxygens (including phenoxy) is 1. The maximum atomic E-state index is 11.0. The number of aliphatic hydroxyl groups excluding tert-OH is 1. The van der Waals surface area contributed by atoms with Gasteiger partial charge in [-0.05, 0) is 72.4 Å². The Morgan fingerprint density at radius 1 is 0.844 bits per heavy atom. The van der Waals surface area contributed by atoms with E-state index in [1.165, 1.54) is 42.4 Å². The largest absolute Gasteiger partial charge is 0.489 e. The molecule has 5 rings (SSSR count). The lowest BCUT2D eigenvalue weighted by Gasteiger charge is -2.37. The Labute approximate surface area is 191 Å². The van der Waals surface area contributed by atoms with Gasteiger partial charge in [0.25, 0.3) is 0 Å². The predicted molar refractivity (Wildman–Crippen MR) is 129 cm³/mol. The fraction of sp³-hybridized carbons (Fsp3) is 0.379.